The van der Waals surface area contributed by atoms with Crippen LogP contribution in [-0.4, -0.2) is 11.6 Å². The number of hydrazone groups is 1. The minimum Gasteiger partial charge on any atom is -0.459 e. The average Bonchev–Trinajstić information content (AvgIpc) is 3.15. The van der Waals surface area contributed by atoms with Crippen molar-refractivity contribution in [1.82, 2.24) is 5.43 Å². The van der Waals surface area contributed by atoms with E-state index in [9.17, 15) is 4.79 Å². The number of carbonyl (C=O) groups excluding carboxylic acids is 1. The van der Waals surface area contributed by atoms with E-state index in [1.807, 2.05) is 49.4 Å². The highest BCUT2D eigenvalue weighted by Gasteiger charge is 2.07. The Balaban J connectivity index is 1.71. The first-order valence-corrected chi connectivity index (χ1v) is 7.28. The molecular weight excluding hydrogens is 288 g/mol. The number of nitrogens with one attached hydrogen (secondary N) is 1. The van der Waals surface area contributed by atoms with Crippen LogP contribution in [0.2, 0.25) is 0 Å². The lowest BCUT2D eigenvalue weighted by Crippen LogP contribution is -2.18. The van der Waals surface area contributed by atoms with Crippen LogP contribution in [0, 0.1) is 0 Å². The minimum absolute atomic E-state index is 0.237. The molecular formula is C19H16N2O2. The normalized spacial score (nSPS) is 11.3. The number of hydrogen-bond donors (Lipinski definition) is 1. The van der Waals surface area contributed by atoms with Gasteiger partial charge in [0.1, 0.15) is 0 Å². The van der Waals surface area contributed by atoms with Crippen LogP contribution in [-0.2, 0) is 0 Å². The first kappa shape index (κ1) is 14.8. The summed E-state index contributed by atoms with van der Waals surface area (Å²) >= 11 is 0. The third kappa shape index (κ3) is 3.55. The Bertz CT molecular complexity index is 804. The summed E-state index contributed by atoms with van der Waals surface area (Å²) in [5.74, 6) is -0.128. The van der Waals surface area contributed by atoms with Crippen LogP contribution >= 0.6 is 0 Å². The second kappa shape index (κ2) is 6.75. The number of amides is 1. The van der Waals surface area contributed by atoms with Crippen LogP contribution in [0.1, 0.15) is 23.0 Å². The van der Waals surface area contributed by atoms with Gasteiger partial charge in [0.15, 0.2) is 5.76 Å². The van der Waals surface area contributed by atoms with Gasteiger partial charge in [0, 0.05) is 0 Å². The highest BCUT2D eigenvalue weighted by Crippen LogP contribution is 2.19. The Morgan fingerprint density at radius 2 is 1.61 bits per heavy atom. The summed E-state index contributed by atoms with van der Waals surface area (Å²) in [4.78, 5) is 11.8. The van der Waals surface area contributed by atoms with Gasteiger partial charge in [0.2, 0.25) is 0 Å². The molecule has 1 heterocycles. The number of furan rings is 1. The number of rotatable bonds is 4. The number of carbonyl (C=O) groups is 1. The largest absolute Gasteiger partial charge is 0.459 e. The van der Waals surface area contributed by atoms with Crippen molar-refractivity contribution in [2.45, 2.75) is 6.92 Å². The molecule has 114 valence electrons. The van der Waals surface area contributed by atoms with Gasteiger partial charge in [-0.1, -0.05) is 54.6 Å². The van der Waals surface area contributed by atoms with Gasteiger partial charge in [-0.25, -0.2) is 5.43 Å². The highest BCUT2D eigenvalue weighted by atomic mass is 16.3. The molecule has 1 amide bonds. The monoisotopic (exact) mass is 304 g/mol. The van der Waals surface area contributed by atoms with Crippen molar-refractivity contribution in [3.63, 3.8) is 0 Å². The summed E-state index contributed by atoms with van der Waals surface area (Å²) in [7, 11) is 0. The molecule has 1 aromatic heterocycles. The standard InChI is InChI=1S/C19H16N2O2/c1-14(20-21-19(22)18-8-5-13-23-18)15-9-11-17(12-10-15)16-6-3-2-4-7-16/h2-13H,1H3,(H,21,22)/b20-14-. The molecule has 3 rings (SSSR count). The fourth-order valence-corrected chi connectivity index (χ4v) is 2.20. The maximum Gasteiger partial charge on any atom is 0.307 e. The van der Waals surface area contributed by atoms with Gasteiger partial charge < -0.3 is 4.42 Å². The molecule has 0 spiro atoms. The smallest absolute Gasteiger partial charge is 0.307 e. The van der Waals surface area contributed by atoms with Crippen molar-refractivity contribution < 1.29 is 9.21 Å². The van der Waals surface area contributed by atoms with Crippen LogP contribution in [0.4, 0.5) is 0 Å². The van der Waals surface area contributed by atoms with E-state index >= 15 is 0 Å². The fourth-order valence-electron chi connectivity index (χ4n) is 2.20. The highest BCUT2D eigenvalue weighted by molar-refractivity contribution is 6.00. The number of hydrogen-bond acceptors (Lipinski definition) is 3. The Morgan fingerprint density at radius 3 is 2.26 bits per heavy atom. The van der Waals surface area contributed by atoms with Gasteiger partial charge in [-0.3, -0.25) is 4.79 Å². The van der Waals surface area contributed by atoms with Crippen LogP contribution in [0.25, 0.3) is 11.1 Å². The molecule has 3 aromatic rings. The molecule has 0 aliphatic carbocycles. The third-order valence-corrected chi connectivity index (χ3v) is 3.48. The summed E-state index contributed by atoms with van der Waals surface area (Å²) < 4.78 is 5.02. The molecule has 0 fully saturated rings. The molecule has 0 saturated carbocycles. The first-order chi connectivity index (χ1) is 11.2. The molecule has 2 aromatic carbocycles. The van der Waals surface area contributed by atoms with E-state index in [4.69, 9.17) is 4.42 Å². The van der Waals surface area contributed by atoms with E-state index in [-0.39, 0.29) is 11.7 Å². The summed E-state index contributed by atoms with van der Waals surface area (Å²) in [6.07, 6.45) is 1.45. The number of benzene rings is 2. The SMILES string of the molecule is C/C(=N/NC(=O)c1ccco1)c1ccc(-c2ccccc2)cc1. The van der Waals surface area contributed by atoms with Gasteiger partial charge in [-0.05, 0) is 35.7 Å². The lowest BCUT2D eigenvalue weighted by molar-refractivity contribution is 0.0927. The second-order valence-electron chi connectivity index (χ2n) is 5.06. The topological polar surface area (TPSA) is 54.6 Å². The van der Waals surface area contributed by atoms with Gasteiger partial charge in [-0.2, -0.15) is 5.10 Å². The zero-order valence-electron chi connectivity index (χ0n) is 12.7. The quantitative estimate of drug-likeness (QED) is 0.583. The van der Waals surface area contributed by atoms with Crippen molar-refractivity contribution in [3.05, 3.63) is 84.3 Å². The van der Waals surface area contributed by atoms with Gasteiger partial charge in [-0.15, -0.1) is 0 Å². The lowest BCUT2D eigenvalue weighted by atomic mass is 10.0. The van der Waals surface area contributed by atoms with Crippen LogP contribution in [0.3, 0.4) is 0 Å². The second-order valence-corrected chi connectivity index (χ2v) is 5.06. The maximum atomic E-state index is 11.8. The van der Waals surface area contributed by atoms with Gasteiger partial charge in [0.25, 0.3) is 0 Å². The predicted molar refractivity (Wildman–Crippen MR) is 90.3 cm³/mol. The summed E-state index contributed by atoms with van der Waals surface area (Å²) in [5, 5.41) is 4.11. The van der Waals surface area contributed by atoms with E-state index < -0.39 is 0 Å². The molecule has 1 N–H and O–H groups in total. The van der Waals surface area contributed by atoms with Crippen LogP contribution in [0.5, 0.6) is 0 Å². The molecule has 0 aliphatic rings. The lowest BCUT2D eigenvalue weighted by Gasteiger charge is -2.05. The average molecular weight is 304 g/mol. The first-order valence-electron chi connectivity index (χ1n) is 7.28. The molecule has 0 atom stereocenters. The van der Waals surface area contributed by atoms with E-state index in [2.05, 4.69) is 22.7 Å². The van der Waals surface area contributed by atoms with Crippen molar-refractivity contribution in [3.8, 4) is 11.1 Å². The van der Waals surface area contributed by atoms with Gasteiger partial charge in [0.05, 0.1) is 12.0 Å². The molecule has 0 aliphatic heterocycles. The van der Waals surface area contributed by atoms with Gasteiger partial charge >= 0.3 is 5.91 Å². The molecule has 0 unspecified atom stereocenters. The fraction of sp³-hybridized carbons (Fsp3) is 0.0526. The molecule has 4 heteroatoms. The Kier molecular flexibility index (Phi) is 4.34. The van der Waals surface area contributed by atoms with Crippen molar-refractivity contribution >= 4 is 11.6 Å². The minimum atomic E-state index is -0.366. The third-order valence-electron chi connectivity index (χ3n) is 3.48. The summed E-state index contributed by atoms with van der Waals surface area (Å²) in [5.41, 5.74) is 6.47. The zero-order valence-corrected chi connectivity index (χ0v) is 12.7. The Labute approximate surface area is 134 Å². The molecule has 4 nitrogen and oxygen atoms in total. The predicted octanol–water partition coefficient (Wildman–Crippen LogP) is 4.10. The van der Waals surface area contributed by atoms with E-state index in [0.29, 0.717) is 0 Å². The summed E-state index contributed by atoms with van der Waals surface area (Å²) in [6, 6.07) is 21.5. The van der Waals surface area contributed by atoms with Crippen molar-refractivity contribution in [2.24, 2.45) is 5.10 Å². The molecule has 23 heavy (non-hydrogen) atoms. The number of nitrogens with zero attached hydrogens (tertiary/aromatic N) is 1. The zero-order chi connectivity index (χ0) is 16.1. The van der Waals surface area contributed by atoms with Crippen molar-refractivity contribution in [2.75, 3.05) is 0 Å². The summed E-state index contributed by atoms with van der Waals surface area (Å²) in [6.45, 7) is 1.85. The van der Waals surface area contributed by atoms with E-state index in [0.717, 1.165) is 16.8 Å². The Morgan fingerprint density at radius 1 is 0.913 bits per heavy atom. The van der Waals surface area contributed by atoms with E-state index in [1.54, 1.807) is 12.1 Å². The molecule has 0 bridgehead atoms. The Hall–Kier alpha value is -3.14. The van der Waals surface area contributed by atoms with Crippen LogP contribution in [0.15, 0.2) is 82.5 Å². The molecule has 0 radical (unpaired) electrons. The van der Waals surface area contributed by atoms with Crippen molar-refractivity contribution in [1.29, 1.82) is 0 Å². The van der Waals surface area contributed by atoms with E-state index in [1.165, 1.54) is 11.8 Å². The van der Waals surface area contributed by atoms with Crippen LogP contribution < -0.4 is 5.43 Å². The maximum absolute atomic E-state index is 11.8. The molecule has 0 saturated heterocycles.